The maximum absolute atomic E-state index is 12.7. The van der Waals surface area contributed by atoms with Crippen molar-refractivity contribution in [1.29, 1.82) is 0 Å². The summed E-state index contributed by atoms with van der Waals surface area (Å²) < 4.78 is 21.0. The lowest BCUT2D eigenvalue weighted by atomic mass is 10.2. The summed E-state index contributed by atoms with van der Waals surface area (Å²) in [4.78, 5) is 34.1. The number of anilines is 1. The zero-order valence-electron chi connectivity index (χ0n) is 17.1. The predicted octanol–water partition coefficient (Wildman–Crippen LogP) is 3.81. The molecule has 1 aromatic rings. The molecule has 27 heavy (non-hydrogen) atoms. The van der Waals surface area contributed by atoms with E-state index in [-0.39, 0.29) is 17.7 Å². The van der Waals surface area contributed by atoms with Crippen LogP contribution in [0.1, 0.15) is 47.1 Å². The van der Waals surface area contributed by atoms with E-state index in [1.807, 2.05) is 0 Å². The second-order valence-corrected chi connectivity index (χ2v) is 7.46. The zero-order chi connectivity index (χ0) is 21.0. The van der Waals surface area contributed by atoms with Gasteiger partial charge in [-0.15, -0.1) is 4.90 Å². The van der Waals surface area contributed by atoms with E-state index >= 15 is 0 Å². The maximum atomic E-state index is 12.7. The SMILES string of the molecule is C=Cc1c(OC)nc(N(C(=O)OC(C)(C)C)C(=O)OC(C)(C)C)nc1OC. The average Bonchev–Trinajstić information content (AvgIpc) is 2.50. The molecule has 0 atom stereocenters. The van der Waals surface area contributed by atoms with Gasteiger partial charge in [-0.1, -0.05) is 12.7 Å². The molecule has 2 amide bonds. The van der Waals surface area contributed by atoms with Gasteiger partial charge in [0.2, 0.25) is 11.8 Å². The Kier molecular flexibility index (Phi) is 6.77. The Labute approximate surface area is 159 Å². The molecule has 150 valence electrons. The first-order valence-electron chi connectivity index (χ1n) is 8.21. The van der Waals surface area contributed by atoms with Crippen molar-refractivity contribution in [2.45, 2.75) is 52.7 Å². The summed E-state index contributed by atoms with van der Waals surface area (Å²) in [5.74, 6) is -0.161. The summed E-state index contributed by atoms with van der Waals surface area (Å²) in [5.41, 5.74) is -1.34. The number of carbonyl (C=O) groups is 2. The third kappa shape index (κ3) is 6.12. The summed E-state index contributed by atoms with van der Waals surface area (Å²) in [6, 6.07) is 0. The number of methoxy groups -OCH3 is 2. The second-order valence-electron chi connectivity index (χ2n) is 7.46. The highest BCUT2D eigenvalue weighted by molar-refractivity contribution is 6.08. The molecule has 0 aromatic carbocycles. The van der Waals surface area contributed by atoms with Crippen LogP contribution in [0.3, 0.4) is 0 Å². The standard InChI is InChI=1S/C18H27N3O6/c1-10-11-12(24-8)19-14(20-13(11)25-9)21(15(22)26-17(2,3)4)16(23)27-18(5,6)7/h10H,1H2,2-9H3. The largest absolute Gasteiger partial charge is 0.480 e. The van der Waals surface area contributed by atoms with Crippen LogP contribution >= 0.6 is 0 Å². The molecule has 1 rings (SSSR count). The number of ether oxygens (including phenoxy) is 4. The Balaban J connectivity index is 3.52. The van der Waals surface area contributed by atoms with E-state index in [1.165, 1.54) is 20.3 Å². The number of hydrogen-bond donors (Lipinski definition) is 0. The van der Waals surface area contributed by atoms with Crippen LogP contribution < -0.4 is 14.4 Å². The van der Waals surface area contributed by atoms with Crippen LogP contribution in [0.25, 0.3) is 6.08 Å². The number of nitrogens with zero attached hydrogens (tertiary/aromatic N) is 3. The number of aromatic nitrogens is 2. The van der Waals surface area contributed by atoms with Gasteiger partial charge in [-0.05, 0) is 41.5 Å². The number of rotatable bonds is 4. The highest BCUT2D eigenvalue weighted by Crippen LogP contribution is 2.30. The van der Waals surface area contributed by atoms with Crippen molar-refractivity contribution in [3.05, 3.63) is 12.1 Å². The normalized spacial score (nSPS) is 11.4. The highest BCUT2D eigenvalue weighted by atomic mass is 16.6. The molecule has 0 radical (unpaired) electrons. The minimum atomic E-state index is -0.993. The van der Waals surface area contributed by atoms with E-state index in [4.69, 9.17) is 18.9 Å². The van der Waals surface area contributed by atoms with E-state index in [0.717, 1.165) is 0 Å². The Morgan fingerprint density at radius 3 is 1.52 bits per heavy atom. The topological polar surface area (TPSA) is 100 Å². The third-order valence-electron chi connectivity index (χ3n) is 2.81. The van der Waals surface area contributed by atoms with Gasteiger partial charge in [0.05, 0.1) is 19.8 Å². The lowest BCUT2D eigenvalue weighted by molar-refractivity contribution is 0.0427. The highest BCUT2D eigenvalue weighted by Gasteiger charge is 2.35. The average molecular weight is 381 g/mol. The van der Waals surface area contributed by atoms with Crippen LogP contribution in [-0.4, -0.2) is 47.6 Å². The molecule has 0 saturated heterocycles. The maximum Gasteiger partial charge on any atom is 0.427 e. The van der Waals surface area contributed by atoms with E-state index in [9.17, 15) is 9.59 Å². The summed E-state index contributed by atoms with van der Waals surface area (Å²) in [6.07, 6.45) is -0.549. The molecule has 0 aliphatic carbocycles. The Morgan fingerprint density at radius 2 is 1.26 bits per heavy atom. The Bertz CT molecular complexity index is 666. The summed E-state index contributed by atoms with van der Waals surface area (Å²) in [6.45, 7) is 13.7. The van der Waals surface area contributed by atoms with E-state index in [2.05, 4.69) is 16.5 Å². The van der Waals surface area contributed by atoms with Gasteiger partial charge in [0, 0.05) is 0 Å². The number of hydrogen-bond acceptors (Lipinski definition) is 8. The molecule has 0 bridgehead atoms. The van der Waals surface area contributed by atoms with Gasteiger partial charge in [-0.2, -0.15) is 9.97 Å². The summed E-state index contributed by atoms with van der Waals surface area (Å²) in [5, 5.41) is 0. The van der Waals surface area contributed by atoms with Crippen LogP contribution in [-0.2, 0) is 9.47 Å². The number of imide groups is 1. The fourth-order valence-electron chi connectivity index (χ4n) is 1.86. The lowest BCUT2D eigenvalue weighted by Gasteiger charge is -2.27. The smallest absolute Gasteiger partial charge is 0.427 e. The van der Waals surface area contributed by atoms with Crippen molar-refractivity contribution in [1.82, 2.24) is 9.97 Å². The van der Waals surface area contributed by atoms with Crippen molar-refractivity contribution >= 4 is 24.2 Å². The van der Waals surface area contributed by atoms with E-state index in [1.54, 1.807) is 41.5 Å². The fraction of sp³-hybridized carbons (Fsp3) is 0.556. The van der Waals surface area contributed by atoms with Gasteiger partial charge in [0.1, 0.15) is 11.2 Å². The molecule has 0 fully saturated rings. The molecule has 0 saturated carbocycles. The van der Waals surface area contributed by atoms with Crippen LogP contribution in [0, 0.1) is 0 Å². The van der Waals surface area contributed by atoms with Crippen LogP contribution in [0.2, 0.25) is 0 Å². The van der Waals surface area contributed by atoms with Gasteiger partial charge in [0.15, 0.2) is 0 Å². The monoisotopic (exact) mass is 381 g/mol. The van der Waals surface area contributed by atoms with Crippen molar-refractivity contribution in [2.75, 3.05) is 19.1 Å². The van der Waals surface area contributed by atoms with Crippen molar-refractivity contribution in [3.63, 3.8) is 0 Å². The first-order valence-corrected chi connectivity index (χ1v) is 8.21. The molecule has 9 nitrogen and oxygen atoms in total. The minimum absolute atomic E-state index is 0.0731. The van der Waals surface area contributed by atoms with Gasteiger partial charge in [-0.25, -0.2) is 9.59 Å². The molecule has 9 heteroatoms. The molecule has 0 aliphatic heterocycles. The molecule has 0 unspecified atom stereocenters. The van der Waals surface area contributed by atoms with Crippen LogP contribution in [0.5, 0.6) is 11.8 Å². The van der Waals surface area contributed by atoms with Gasteiger partial charge >= 0.3 is 12.2 Å². The van der Waals surface area contributed by atoms with Crippen molar-refractivity contribution < 1.29 is 28.5 Å². The number of carbonyl (C=O) groups excluding carboxylic acids is 2. The molecule has 1 heterocycles. The molecule has 0 spiro atoms. The van der Waals surface area contributed by atoms with E-state index in [0.29, 0.717) is 10.5 Å². The van der Waals surface area contributed by atoms with E-state index < -0.39 is 23.4 Å². The van der Waals surface area contributed by atoms with Gasteiger partial charge in [-0.3, -0.25) is 0 Å². The molecule has 0 aliphatic rings. The van der Waals surface area contributed by atoms with Crippen molar-refractivity contribution in [3.8, 4) is 11.8 Å². The molecular formula is C18H27N3O6. The predicted molar refractivity (Wildman–Crippen MR) is 100 cm³/mol. The summed E-state index contributed by atoms with van der Waals surface area (Å²) >= 11 is 0. The Hall–Kier alpha value is -2.84. The van der Waals surface area contributed by atoms with Crippen molar-refractivity contribution in [2.24, 2.45) is 0 Å². The van der Waals surface area contributed by atoms with Gasteiger partial charge < -0.3 is 18.9 Å². The number of amides is 2. The summed E-state index contributed by atoms with van der Waals surface area (Å²) in [7, 11) is 2.76. The van der Waals surface area contributed by atoms with Crippen LogP contribution in [0.4, 0.5) is 15.5 Å². The fourth-order valence-corrected chi connectivity index (χ4v) is 1.86. The first kappa shape index (κ1) is 22.2. The van der Waals surface area contributed by atoms with Gasteiger partial charge in [0.25, 0.3) is 5.95 Å². The third-order valence-corrected chi connectivity index (χ3v) is 2.81. The lowest BCUT2D eigenvalue weighted by Crippen LogP contribution is -2.44. The molecule has 0 N–H and O–H groups in total. The first-order chi connectivity index (χ1) is 12.3. The minimum Gasteiger partial charge on any atom is -0.480 e. The molecular weight excluding hydrogens is 354 g/mol. The quantitative estimate of drug-likeness (QED) is 0.776. The second kappa shape index (κ2) is 8.24. The van der Waals surface area contributed by atoms with Crippen LogP contribution in [0.15, 0.2) is 6.58 Å². The molecule has 1 aromatic heterocycles. The zero-order valence-corrected chi connectivity index (χ0v) is 17.1. The Morgan fingerprint density at radius 1 is 0.889 bits per heavy atom.